The molecule has 1 unspecified atom stereocenters. The van der Waals surface area contributed by atoms with E-state index in [1.54, 1.807) is 0 Å². The van der Waals surface area contributed by atoms with Crippen LogP contribution < -0.4 is 5.32 Å². The summed E-state index contributed by atoms with van der Waals surface area (Å²) in [6, 6.07) is 0. The molecule has 0 saturated heterocycles. The minimum atomic E-state index is -0.0300. The van der Waals surface area contributed by atoms with Crippen LogP contribution in [0.5, 0.6) is 0 Å². The number of aryl methyl sites for hydroxylation is 1. The van der Waals surface area contributed by atoms with Crippen LogP contribution in [0, 0.1) is 11.3 Å². The van der Waals surface area contributed by atoms with Crippen LogP contribution in [0.3, 0.4) is 0 Å². The standard InChI is InChI=1S/C18H24N4O2/c1-11-4-5-16-12(6-11)15(21-24-16)9-22-8-13-14(20-22)7-18(2,3)10-19-17(13)23/h8,11H,4-7,9-10H2,1-3H3,(H,19,23). The van der Waals surface area contributed by atoms with Gasteiger partial charge in [-0.25, -0.2) is 0 Å². The van der Waals surface area contributed by atoms with Gasteiger partial charge in [0.15, 0.2) is 0 Å². The highest BCUT2D eigenvalue weighted by atomic mass is 16.5. The first-order chi connectivity index (χ1) is 11.4. The molecule has 24 heavy (non-hydrogen) atoms. The van der Waals surface area contributed by atoms with Crippen LogP contribution in [0.1, 0.15) is 60.3 Å². The molecular weight excluding hydrogens is 304 g/mol. The fourth-order valence-corrected chi connectivity index (χ4v) is 3.71. The van der Waals surface area contributed by atoms with E-state index in [0.717, 1.165) is 42.8 Å². The Labute approximate surface area is 141 Å². The molecule has 0 saturated carbocycles. The minimum absolute atomic E-state index is 0.0164. The number of amides is 1. The number of nitrogens with zero attached hydrogens (tertiary/aromatic N) is 3. The molecule has 0 fully saturated rings. The third-order valence-corrected chi connectivity index (χ3v) is 5.14. The third kappa shape index (κ3) is 2.74. The zero-order chi connectivity index (χ0) is 16.9. The van der Waals surface area contributed by atoms with Crippen molar-refractivity contribution in [3.63, 3.8) is 0 Å². The first-order valence-electron chi connectivity index (χ1n) is 8.72. The summed E-state index contributed by atoms with van der Waals surface area (Å²) < 4.78 is 7.35. The average molecular weight is 328 g/mol. The number of hydrogen-bond acceptors (Lipinski definition) is 4. The topological polar surface area (TPSA) is 73.0 Å². The zero-order valence-corrected chi connectivity index (χ0v) is 14.6. The Balaban J connectivity index is 1.62. The Morgan fingerprint density at radius 1 is 1.46 bits per heavy atom. The van der Waals surface area contributed by atoms with Gasteiger partial charge in [-0.05, 0) is 30.6 Å². The molecule has 2 aromatic rings. The maximum atomic E-state index is 12.3. The second kappa shape index (κ2) is 5.46. The predicted molar refractivity (Wildman–Crippen MR) is 88.8 cm³/mol. The molecule has 6 heteroatoms. The largest absolute Gasteiger partial charge is 0.361 e. The zero-order valence-electron chi connectivity index (χ0n) is 14.6. The van der Waals surface area contributed by atoms with Crippen LogP contribution in [-0.2, 0) is 25.8 Å². The summed E-state index contributed by atoms with van der Waals surface area (Å²) in [5.74, 6) is 1.66. The second-order valence-electron chi connectivity index (χ2n) is 8.09. The lowest BCUT2D eigenvalue weighted by Crippen LogP contribution is -2.31. The van der Waals surface area contributed by atoms with Crippen molar-refractivity contribution >= 4 is 5.91 Å². The van der Waals surface area contributed by atoms with Crippen molar-refractivity contribution in [3.8, 4) is 0 Å². The summed E-state index contributed by atoms with van der Waals surface area (Å²) in [6.45, 7) is 7.80. The Bertz CT molecular complexity index is 787. The summed E-state index contributed by atoms with van der Waals surface area (Å²) in [5, 5.41) is 11.9. The van der Waals surface area contributed by atoms with Gasteiger partial charge in [-0.1, -0.05) is 25.9 Å². The Hall–Kier alpha value is -2.11. The van der Waals surface area contributed by atoms with Crippen molar-refractivity contribution < 1.29 is 9.32 Å². The number of aromatic nitrogens is 3. The van der Waals surface area contributed by atoms with Crippen molar-refractivity contribution in [2.24, 2.45) is 11.3 Å². The molecule has 2 aromatic heterocycles. The number of rotatable bonds is 2. The maximum Gasteiger partial charge on any atom is 0.254 e. The summed E-state index contributed by atoms with van der Waals surface area (Å²) in [7, 11) is 0. The lowest BCUT2D eigenvalue weighted by molar-refractivity contribution is 0.0944. The van der Waals surface area contributed by atoms with E-state index in [2.05, 4.69) is 36.3 Å². The van der Waals surface area contributed by atoms with Crippen LogP contribution >= 0.6 is 0 Å². The molecule has 1 aliphatic heterocycles. The lowest BCUT2D eigenvalue weighted by atomic mass is 9.88. The van der Waals surface area contributed by atoms with Gasteiger partial charge in [0.25, 0.3) is 5.91 Å². The second-order valence-corrected chi connectivity index (χ2v) is 8.09. The Morgan fingerprint density at radius 3 is 3.12 bits per heavy atom. The van der Waals surface area contributed by atoms with E-state index in [1.807, 2.05) is 10.9 Å². The van der Waals surface area contributed by atoms with Crippen molar-refractivity contribution in [3.05, 3.63) is 34.5 Å². The first-order valence-corrected chi connectivity index (χ1v) is 8.72. The van der Waals surface area contributed by atoms with E-state index in [-0.39, 0.29) is 11.3 Å². The van der Waals surface area contributed by atoms with E-state index in [0.29, 0.717) is 24.6 Å². The first kappa shape index (κ1) is 15.4. The van der Waals surface area contributed by atoms with Crippen molar-refractivity contribution in [2.75, 3.05) is 6.54 Å². The van der Waals surface area contributed by atoms with E-state index >= 15 is 0 Å². The molecule has 3 heterocycles. The molecule has 0 aromatic carbocycles. The van der Waals surface area contributed by atoms with Gasteiger partial charge in [0, 0.05) is 24.7 Å². The van der Waals surface area contributed by atoms with Gasteiger partial charge in [0.1, 0.15) is 11.5 Å². The van der Waals surface area contributed by atoms with Crippen molar-refractivity contribution in [1.29, 1.82) is 0 Å². The molecule has 2 aliphatic rings. The van der Waals surface area contributed by atoms with Crippen LogP contribution in [0.25, 0.3) is 0 Å². The average Bonchev–Trinajstić information content (AvgIpc) is 3.07. The highest BCUT2D eigenvalue weighted by Crippen LogP contribution is 2.29. The van der Waals surface area contributed by atoms with Crippen molar-refractivity contribution in [2.45, 2.75) is 53.0 Å². The van der Waals surface area contributed by atoms with Gasteiger partial charge < -0.3 is 9.84 Å². The number of hydrogen-bond donors (Lipinski definition) is 1. The van der Waals surface area contributed by atoms with Gasteiger partial charge >= 0.3 is 0 Å². The van der Waals surface area contributed by atoms with E-state index in [1.165, 1.54) is 5.56 Å². The van der Waals surface area contributed by atoms with Crippen molar-refractivity contribution in [1.82, 2.24) is 20.3 Å². The molecule has 128 valence electrons. The molecule has 6 nitrogen and oxygen atoms in total. The van der Waals surface area contributed by atoms with E-state index in [4.69, 9.17) is 4.52 Å². The van der Waals surface area contributed by atoms with Gasteiger partial charge in [0.2, 0.25) is 0 Å². The number of carbonyl (C=O) groups is 1. The molecule has 4 rings (SSSR count). The molecule has 1 aliphatic carbocycles. The fraction of sp³-hybridized carbons (Fsp3) is 0.611. The normalized spacial score (nSPS) is 22.5. The van der Waals surface area contributed by atoms with Crippen LogP contribution in [0.2, 0.25) is 0 Å². The SMILES string of the molecule is CC1CCc2onc(Cn3cc4c(n3)CC(C)(C)CNC4=O)c2C1. The molecule has 0 bridgehead atoms. The van der Waals surface area contributed by atoms with Gasteiger partial charge in [-0.2, -0.15) is 5.10 Å². The summed E-state index contributed by atoms with van der Waals surface area (Å²) in [5.41, 5.74) is 3.77. The monoisotopic (exact) mass is 328 g/mol. The van der Waals surface area contributed by atoms with Crippen LogP contribution in [0.15, 0.2) is 10.7 Å². The maximum absolute atomic E-state index is 12.3. The number of fused-ring (bicyclic) bond motifs is 2. The number of carbonyl (C=O) groups excluding carboxylic acids is 1. The van der Waals surface area contributed by atoms with Crippen LogP contribution in [0.4, 0.5) is 0 Å². The molecule has 0 spiro atoms. The fourth-order valence-electron chi connectivity index (χ4n) is 3.71. The Kier molecular flexibility index (Phi) is 3.51. The highest BCUT2D eigenvalue weighted by Gasteiger charge is 2.30. The predicted octanol–water partition coefficient (Wildman–Crippen LogP) is 2.36. The molecule has 1 atom stereocenters. The Morgan fingerprint density at radius 2 is 2.29 bits per heavy atom. The molecule has 1 amide bonds. The molecular formula is C18H24N4O2. The van der Waals surface area contributed by atoms with Crippen LogP contribution in [-0.4, -0.2) is 27.4 Å². The smallest absolute Gasteiger partial charge is 0.254 e. The van der Waals surface area contributed by atoms with Gasteiger partial charge in [0.05, 0.1) is 17.8 Å². The quantitative estimate of drug-likeness (QED) is 0.918. The van der Waals surface area contributed by atoms with E-state index in [9.17, 15) is 4.79 Å². The minimum Gasteiger partial charge on any atom is -0.361 e. The summed E-state index contributed by atoms with van der Waals surface area (Å²) in [4.78, 5) is 12.3. The lowest BCUT2D eigenvalue weighted by Gasteiger charge is -2.21. The highest BCUT2D eigenvalue weighted by molar-refractivity contribution is 5.95. The third-order valence-electron chi connectivity index (χ3n) is 5.14. The summed E-state index contributed by atoms with van der Waals surface area (Å²) in [6.07, 6.45) is 5.78. The summed E-state index contributed by atoms with van der Waals surface area (Å²) >= 11 is 0. The van der Waals surface area contributed by atoms with Gasteiger partial charge in [-0.15, -0.1) is 0 Å². The molecule has 1 N–H and O–H groups in total. The number of nitrogens with one attached hydrogen (secondary N) is 1. The van der Waals surface area contributed by atoms with E-state index < -0.39 is 0 Å². The molecule has 0 radical (unpaired) electrons. The van der Waals surface area contributed by atoms with Gasteiger partial charge in [-0.3, -0.25) is 9.48 Å².